The fourth-order valence-corrected chi connectivity index (χ4v) is 4.38. The monoisotopic (exact) mass is 404 g/mol. The van der Waals surface area contributed by atoms with E-state index in [1.807, 2.05) is 29.2 Å². The van der Waals surface area contributed by atoms with Gasteiger partial charge in [0.15, 0.2) is 0 Å². The van der Waals surface area contributed by atoms with Crippen LogP contribution in [0.2, 0.25) is 0 Å². The lowest BCUT2D eigenvalue weighted by Gasteiger charge is -2.35. The van der Waals surface area contributed by atoms with E-state index in [2.05, 4.69) is 11.1 Å². The van der Waals surface area contributed by atoms with Gasteiger partial charge in [0.1, 0.15) is 11.9 Å². The second-order valence-electron chi connectivity index (χ2n) is 8.30. The number of halogens is 1. The average Bonchev–Trinajstić information content (AvgIpc) is 3.51. The molecule has 5 heteroatoms. The summed E-state index contributed by atoms with van der Waals surface area (Å²) in [4.78, 5) is 19.2. The number of para-hydroxylation sites is 1. The fraction of sp³-hybridized carbons (Fsp3) is 0.360. The molecule has 2 atom stereocenters. The summed E-state index contributed by atoms with van der Waals surface area (Å²) in [5.41, 5.74) is 2.82. The molecule has 0 bridgehead atoms. The summed E-state index contributed by atoms with van der Waals surface area (Å²) in [5.74, 6) is 0.432. The summed E-state index contributed by atoms with van der Waals surface area (Å²) in [7, 11) is 0. The molecule has 1 saturated heterocycles. The van der Waals surface area contributed by atoms with Crippen LogP contribution in [-0.2, 0) is 9.53 Å². The fourth-order valence-electron chi connectivity index (χ4n) is 4.38. The van der Waals surface area contributed by atoms with Crippen molar-refractivity contribution in [2.45, 2.75) is 37.8 Å². The molecule has 1 amide bonds. The summed E-state index contributed by atoms with van der Waals surface area (Å²) in [6, 6.07) is 16.2. The van der Waals surface area contributed by atoms with Crippen LogP contribution in [0.3, 0.4) is 0 Å². The van der Waals surface area contributed by atoms with E-state index in [4.69, 9.17) is 4.74 Å². The van der Waals surface area contributed by atoms with E-state index in [-0.39, 0.29) is 23.9 Å². The van der Waals surface area contributed by atoms with Crippen molar-refractivity contribution in [1.82, 2.24) is 9.88 Å². The van der Waals surface area contributed by atoms with Gasteiger partial charge >= 0.3 is 0 Å². The molecular weight excluding hydrogens is 379 g/mol. The quantitative estimate of drug-likeness (QED) is 0.543. The number of ether oxygens (including phenoxy) is 1. The van der Waals surface area contributed by atoms with Crippen molar-refractivity contribution in [3.05, 3.63) is 77.7 Å². The van der Waals surface area contributed by atoms with Gasteiger partial charge in [0.25, 0.3) is 0 Å². The Morgan fingerprint density at radius 2 is 1.90 bits per heavy atom. The number of carbonyl (C=O) groups excluding carboxylic acids is 1. The van der Waals surface area contributed by atoms with Crippen molar-refractivity contribution in [2.24, 2.45) is 5.92 Å². The highest BCUT2D eigenvalue weighted by Gasteiger charge is 2.38. The third-order valence-electron chi connectivity index (χ3n) is 6.14. The molecule has 0 spiro atoms. The Bertz CT molecular complexity index is 1040. The number of fused-ring (bicyclic) bond motifs is 1. The smallest absolute Gasteiger partial charge is 0.223 e. The van der Waals surface area contributed by atoms with Crippen LogP contribution in [-0.4, -0.2) is 28.9 Å². The number of likely N-dealkylation sites (tertiary alicyclic amines) is 1. The van der Waals surface area contributed by atoms with Gasteiger partial charge in [-0.25, -0.2) is 4.39 Å². The lowest BCUT2D eigenvalue weighted by atomic mass is 9.92. The first kappa shape index (κ1) is 19.2. The van der Waals surface area contributed by atoms with Crippen LogP contribution < -0.4 is 0 Å². The largest absolute Gasteiger partial charge is 0.371 e. The van der Waals surface area contributed by atoms with Gasteiger partial charge in [-0.05, 0) is 60.6 Å². The maximum absolute atomic E-state index is 13.7. The molecule has 2 aromatic carbocycles. The van der Waals surface area contributed by atoms with Crippen molar-refractivity contribution in [3.8, 4) is 0 Å². The summed E-state index contributed by atoms with van der Waals surface area (Å²) in [6.07, 6.45) is 5.22. The van der Waals surface area contributed by atoms with Gasteiger partial charge in [-0.2, -0.15) is 0 Å². The maximum Gasteiger partial charge on any atom is 0.223 e. The number of benzene rings is 2. The highest BCUT2D eigenvalue weighted by molar-refractivity contribution is 5.83. The highest BCUT2D eigenvalue weighted by Crippen LogP contribution is 2.42. The van der Waals surface area contributed by atoms with Gasteiger partial charge in [-0.1, -0.05) is 30.3 Å². The first-order valence-corrected chi connectivity index (χ1v) is 10.7. The number of aromatic nitrogens is 1. The lowest BCUT2D eigenvalue weighted by Crippen LogP contribution is -2.35. The van der Waals surface area contributed by atoms with Crippen LogP contribution in [0.4, 0.5) is 4.39 Å². The Morgan fingerprint density at radius 1 is 1.10 bits per heavy atom. The molecule has 4 nitrogen and oxygen atoms in total. The van der Waals surface area contributed by atoms with Gasteiger partial charge in [0.05, 0.1) is 18.2 Å². The number of carbonyl (C=O) groups is 1. The second-order valence-corrected chi connectivity index (χ2v) is 8.30. The highest BCUT2D eigenvalue weighted by atomic mass is 19.1. The zero-order chi connectivity index (χ0) is 20.5. The molecule has 1 aliphatic carbocycles. The average molecular weight is 404 g/mol. The van der Waals surface area contributed by atoms with E-state index < -0.39 is 0 Å². The molecule has 5 rings (SSSR count). The molecular formula is C25H25FN2O2. The molecule has 2 heterocycles. The number of hydrogen-bond donors (Lipinski definition) is 0. The maximum atomic E-state index is 13.7. The van der Waals surface area contributed by atoms with Crippen LogP contribution >= 0.6 is 0 Å². The van der Waals surface area contributed by atoms with Crippen molar-refractivity contribution in [1.29, 1.82) is 0 Å². The van der Waals surface area contributed by atoms with Crippen LogP contribution in [0, 0.1) is 11.7 Å². The molecule has 2 fully saturated rings. The normalized spacial score (nSPS) is 18.7. The van der Waals surface area contributed by atoms with Crippen LogP contribution in [0.5, 0.6) is 0 Å². The Balaban J connectivity index is 1.63. The molecule has 1 aromatic heterocycles. The lowest BCUT2D eigenvalue weighted by molar-refractivity contribution is -0.133. The van der Waals surface area contributed by atoms with Gasteiger partial charge in [-0.3, -0.25) is 9.78 Å². The third-order valence-corrected chi connectivity index (χ3v) is 6.14. The summed E-state index contributed by atoms with van der Waals surface area (Å²) in [5, 5.41) is 1.03. The predicted molar refractivity (Wildman–Crippen MR) is 113 cm³/mol. The molecule has 0 unspecified atom stereocenters. The van der Waals surface area contributed by atoms with E-state index in [9.17, 15) is 9.18 Å². The van der Waals surface area contributed by atoms with E-state index in [1.165, 1.54) is 25.0 Å². The minimum absolute atomic E-state index is 0.128. The minimum Gasteiger partial charge on any atom is -0.371 e. The van der Waals surface area contributed by atoms with Gasteiger partial charge in [0.2, 0.25) is 5.91 Å². The first-order valence-electron chi connectivity index (χ1n) is 10.7. The molecule has 30 heavy (non-hydrogen) atoms. The number of hydrogen-bond acceptors (Lipinski definition) is 3. The number of amides is 1. The summed E-state index contributed by atoms with van der Waals surface area (Å²) >= 11 is 0. The second kappa shape index (κ2) is 8.15. The number of pyridine rings is 1. The Labute approximate surface area is 175 Å². The topological polar surface area (TPSA) is 42.4 Å². The van der Waals surface area contributed by atoms with Gasteiger partial charge in [0, 0.05) is 24.5 Å². The summed E-state index contributed by atoms with van der Waals surface area (Å²) < 4.78 is 20.2. The Kier molecular flexibility index (Phi) is 5.21. The molecule has 3 aromatic rings. The van der Waals surface area contributed by atoms with E-state index in [0.717, 1.165) is 28.5 Å². The van der Waals surface area contributed by atoms with E-state index in [0.29, 0.717) is 25.5 Å². The van der Waals surface area contributed by atoms with Gasteiger partial charge < -0.3 is 9.64 Å². The van der Waals surface area contributed by atoms with Crippen molar-refractivity contribution in [3.63, 3.8) is 0 Å². The minimum atomic E-state index is -0.342. The number of nitrogens with zero attached hydrogens (tertiary/aromatic N) is 2. The van der Waals surface area contributed by atoms with Crippen LogP contribution in [0.25, 0.3) is 10.9 Å². The van der Waals surface area contributed by atoms with Gasteiger partial charge in [-0.15, -0.1) is 0 Å². The zero-order valence-corrected chi connectivity index (χ0v) is 16.8. The van der Waals surface area contributed by atoms with Crippen LogP contribution in [0.15, 0.2) is 60.8 Å². The Hall–Kier alpha value is -2.79. The Morgan fingerprint density at radius 3 is 2.63 bits per heavy atom. The molecule has 1 saturated carbocycles. The molecule has 1 aliphatic heterocycles. The van der Waals surface area contributed by atoms with E-state index in [1.54, 1.807) is 18.3 Å². The molecule has 2 aliphatic rings. The predicted octanol–water partition coefficient (Wildman–Crippen LogP) is 5.21. The molecule has 0 radical (unpaired) electrons. The molecule has 0 N–H and O–H groups in total. The third kappa shape index (κ3) is 3.82. The zero-order valence-electron chi connectivity index (χ0n) is 16.8. The van der Waals surface area contributed by atoms with E-state index >= 15 is 0 Å². The standard InChI is InChI=1S/C25H25FN2O2/c26-19-11-9-18(10-12-19)24(28-15-3-6-23(28)29)25(30-16-17-7-8-17)21-13-14-27-22-5-2-1-4-20(21)22/h1-2,4-5,9-14,17,24-25H,3,6-8,15-16H2/t24-,25-/m1/s1. The SMILES string of the molecule is O=C1CCCN1[C@H](c1ccc(F)cc1)[C@H](OCC1CC1)c1ccnc2ccccc12. The molecule has 154 valence electrons. The van der Waals surface area contributed by atoms with Crippen molar-refractivity contribution in [2.75, 3.05) is 13.2 Å². The number of rotatable bonds is 7. The van der Waals surface area contributed by atoms with Crippen molar-refractivity contribution < 1.29 is 13.9 Å². The van der Waals surface area contributed by atoms with Crippen LogP contribution in [0.1, 0.15) is 49.0 Å². The van der Waals surface area contributed by atoms with Crippen molar-refractivity contribution >= 4 is 16.8 Å². The first-order chi connectivity index (χ1) is 14.7. The summed E-state index contributed by atoms with van der Waals surface area (Å²) in [6.45, 7) is 1.36.